The minimum Gasteiger partial charge on any atom is -0.494 e. The lowest BCUT2D eigenvalue weighted by atomic mass is 9.95. The summed E-state index contributed by atoms with van der Waals surface area (Å²) in [5.41, 5.74) is 1.99. The minimum atomic E-state index is -0.989. The fourth-order valence-corrected chi connectivity index (χ4v) is 4.89. The molecule has 9 heteroatoms. The van der Waals surface area contributed by atoms with Crippen LogP contribution in [-0.2, 0) is 16.1 Å². The molecule has 1 atom stereocenters. The third kappa shape index (κ3) is 5.50. The number of rotatable bonds is 9. The normalized spacial score (nSPS) is 14.8. The van der Waals surface area contributed by atoms with Crippen molar-refractivity contribution in [2.24, 2.45) is 0 Å². The Morgan fingerprint density at radius 1 is 1.08 bits per heavy atom. The lowest BCUT2D eigenvalue weighted by Crippen LogP contribution is -2.48. The number of nitrogens with one attached hydrogen (secondary N) is 1. The highest BCUT2D eigenvalue weighted by Gasteiger charge is 2.36. The summed E-state index contributed by atoms with van der Waals surface area (Å²) in [7, 11) is 0. The number of hydrogen-bond acceptors (Lipinski definition) is 6. The topological polar surface area (TPSA) is 102 Å². The molecule has 0 bridgehead atoms. The second-order valence-corrected chi connectivity index (χ2v) is 9.19. The minimum absolute atomic E-state index is 0.0789. The number of benzene rings is 2. The molecule has 0 spiro atoms. The molecule has 9 nitrogen and oxygen atoms in total. The fourth-order valence-electron chi connectivity index (χ4n) is 4.89. The van der Waals surface area contributed by atoms with Gasteiger partial charge in [0.1, 0.15) is 23.6 Å². The van der Waals surface area contributed by atoms with Gasteiger partial charge in [-0.05, 0) is 68.3 Å². The van der Waals surface area contributed by atoms with Crippen molar-refractivity contribution in [3.63, 3.8) is 0 Å². The third-order valence-corrected chi connectivity index (χ3v) is 6.67. The summed E-state index contributed by atoms with van der Waals surface area (Å²) in [6, 6.07) is 17.2. The van der Waals surface area contributed by atoms with Crippen LogP contribution in [0.3, 0.4) is 0 Å². The summed E-state index contributed by atoms with van der Waals surface area (Å²) in [6.07, 6.45) is 6.71. The molecule has 1 aliphatic rings. The zero-order valence-electron chi connectivity index (χ0n) is 20.9. The maximum atomic E-state index is 14.0. The van der Waals surface area contributed by atoms with Gasteiger partial charge in [0.25, 0.3) is 5.91 Å². The van der Waals surface area contributed by atoms with Crippen LogP contribution in [0.4, 0.5) is 5.69 Å². The first-order valence-corrected chi connectivity index (χ1v) is 12.8. The average Bonchev–Trinajstić information content (AvgIpc) is 3.59. The van der Waals surface area contributed by atoms with Crippen LogP contribution in [0.2, 0.25) is 0 Å². The maximum absolute atomic E-state index is 14.0. The third-order valence-electron chi connectivity index (χ3n) is 6.67. The molecule has 2 heterocycles. The number of furan rings is 1. The predicted molar refractivity (Wildman–Crippen MR) is 139 cm³/mol. The zero-order chi connectivity index (χ0) is 25.6. The Morgan fingerprint density at radius 2 is 1.86 bits per heavy atom. The first-order valence-electron chi connectivity index (χ1n) is 12.8. The molecule has 37 heavy (non-hydrogen) atoms. The van der Waals surface area contributed by atoms with E-state index in [0.29, 0.717) is 29.3 Å². The molecule has 2 amide bonds. The van der Waals surface area contributed by atoms with Gasteiger partial charge in [-0.25, -0.2) is 4.68 Å². The van der Waals surface area contributed by atoms with Gasteiger partial charge in [0.15, 0.2) is 6.04 Å². The van der Waals surface area contributed by atoms with E-state index in [4.69, 9.17) is 9.15 Å². The highest BCUT2D eigenvalue weighted by molar-refractivity contribution is 6.01. The van der Waals surface area contributed by atoms with Crippen molar-refractivity contribution in [2.75, 3.05) is 11.5 Å². The Labute approximate surface area is 215 Å². The number of anilines is 1. The summed E-state index contributed by atoms with van der Waals surface area (Å²) in [6.45, 7) is 2.34. The average molecular weight is 502 g/mol. The van der Waals surface area contributed by atoms with Gasteiger partial charge >= 0.3 is 0 Å². The molecule has 0 radical (unpaired) electrons. The van der Waals surface area contributed by atoms with E-state index in [2.05, 4.69) is 15.6 Å². The summed E-state index contributed by atoms with van der Waals surface area (Å²) >= 11 is 0. The van der Waals surface area contributed by atoms with Gasteiger partial charge in [-0.1, -0.05) is 36.6 Å². The molecule has 1 saturated carbocycles. The van der Waals surface area contributed by atoms with Crippen molar-refractivity contribution in [1.82, 2.24) is 20.3 Å². The second-order valence-electron chi connectivity index (χ2n) is 9.19. The molecule has 0 aliphatic heterocycles. The highest BCUT2D eigenvalue weighted by atomic mass is 16.5. The molecule has 0 unspecified atom stereocenters. The second kappa shape index (κ2) is 11.3. The van der Waals surface area contributed by atoms with Gasteiger partial charge in [0, 0.05) is 11.7 Å². The maximum Gasteiger partial charge on any atom is 0.251 e. The van der Waals surface area contributed by atoms with Crippen LogP contribution in [0.25, 0.3) is 11.0 Å². The van der Waals surface area contributed by atoms with Gasteiger partial charge in [-0.2, -0.15) is 0 Å². The molecule has 4 aromatic rings. The van der Waals surface area contributed by atoms with E-state index in [1.807, 2.05) is 31.2 Å². The van der Waals surface area contributed by atoms with Crippen molar-refractivity contribution in [1.29, 1.82) is 0 Å². The van der Waals surface area contributed by atoms with E-state index in [1.165, 1.54) is 17.6 Å². The van der Waals surface area contributed by atoms with Crippen molar-refractivity contribution >= 4 is 28.5 Å². The molecule has 2 aromatic heterocycles. The molecule has 1 aliphatic carbocycles. The van der Waals surface area contributed by atoms with Crippen LogP contribution in [0.15, 0.2) is 71.3 Å². The Hall–Kier alpha value is -4.14. The quantitative estimate of drug-likeness (QED) is 0.358. The van der Waals surface area contributed by atoms with Crippen LogP contribution in [0, 0.1) is 0 Å². The van der Waals surface area contributed by atoms with Crippen molar-refractivity contribution in [3.8, 4) is 5.75 Å². The SMILES string of the molecule is CCOc1ccc(N(C(=O)Cn2nnc3ccccc32)[C@@H](C(=O)NC2CCCCC2)c2ccco2)cc1. The number of fused-ring (bicyclic) bond motifs is 1. The molecular formula is C28H31N5O4. The molecule has 5 rings (SSSR count). The molecule has 0 saturated heterocycles. The van der Waals surface area contributed by atoms with Crippen LogP contribution in [0.5, 0.6) is 5.75 Å². The molecular weight excluding hydrogens is 470 g/mol. The first kappa shape index (κ1) is 24.5. The van der Waals surface area contributed by atoms with Gasteiger partial charge < -0.3 is 14.5 Å². The largest absolute Gasteiger partial charge is 0.494 e. The Kier molecular flexibility index (Phi) is 7.49. The Bertz CT molecular complexity index is 1330. The van der Waals surface area contributed by atoms with Gasteiger partial charge in [-0.3, -0.25) is 14.5 Å². The van der Waals surface area contributed by atoms with Gasteiger partial charge in [0.05, 0.1) is 18.4 Å². The number of ether oxygens (including phenoxy) is 1. The summed E-state index contributed by atoms with van der Waals surface area (Å²) < 4.78 is 12.9. The summed E-state index contributed by atoms with van der Waals surface area (Å²) in [5.74, 6) is 0.480. The van der Waals surface area contributed by atoms with E-state index in [-0.39, 0.29) is 24.4 Å². The van der Waals surface area contributed by atoms with E-state index in [0.717, 1.165) is 31.2 Å². The number of hydrogen-bond donors (Lipinski definition) is 1. The molecule has 1 N–H and O–H groups in total. The standard InChI is InChI=1S/C28H31N5O4/c1-2-36-22-16-14-21(15-17-22)33(26(34)19-32-24-12-7-6-11-23(24)30-31-32)27(25-13-8-18-37-25)28(35)29-20-9-4-3-5-10-20/h6-8,11-18,20,27H,2-5,9-10,19H2,1H3,(H,29,35)/t27-/m1/s1. The fraction of sp³-hybridized carbons (Fsp3) is 0.357. The Balaban J connectivity index is 1.51. The Morgan fingerprint density at radius 3 is 2.59 bits per heavy atom. The number of para-hydroxylation sites is 1. The van der Waals surface area contributed by atoms with E-state index >= 15 is 0 Å². The van der Waals surface area contributed by atoms with Crippen LogP contribution in [-0.4, -0.2) is 39.5 Å². The first-order chi connectivity index (χ1) is 18.1. The number of aromatic nitrogens is 3. The van der Waals surface area contributed by atoms with Crippen LogP contribution >= 0.6 is 0 Å². The summed E-state index contributed by atoms with van der Waals surface area (Å²) in [5, 5.41) is 11.5. The number of carbonyl (C=O) groups excluding carboxylic acids is 2. The van der Waals surface area contributed by atoms with E-state index < -0.39 is 6.04 Å². The molecule has 192 valence electrons. The zero-order valence-corrected chi connectivity index (χ0v) is 20.9. The van der Waals surface area contributed by atoms with Crippen molar-refractivity contribution in [3.05, 3.63) is 72.7 Å². The predicted octanol–water partition coefficient (Wildman–Crippen LogP) is 4.65. The van der Waals surface area contributed by atoms with Gasteiger partial charge in [0.2, 0.25) is 5.91 Å². The molecule has 2 aromatic carbocycles. The number of carbonyl (C=O) groups is 2. The highest BCUT2D eigenvalue weighted by Crippen LogP contribution is 2.31. The van der Waals surface area contributed by atoms with Crippen molar-refractivity contribution in [2.45, 2.75) is 57.7 Å². The monoisotopic (exact) mass is 501 g/mol. The number of nitrogens with zero attached hydrogens (tertiary/aromatic N) is 4. The van der Waals surface area contributed by atoms with Crippen LogP contribution in [0.1, 0.15) is 50.8 Å². The number of amides is 2. The van der Waals surface area contributed by atoms with E-state index in [1.54, 1.807) is 41.1 Å². The lowest BCUT2D eigenvalue weighted by Gasteiger charge is -2.32. The summed E-state index contributed by atoms with van der Waals surface area (Å²) in [4.78, 5) is 29.3. The van der Waals surface area contributed by atoms with Gasteiger partial charge in [-0.15, -0.1) is 5.10 Å². The smallest absolute Gasteiger partial charge is 0.251 e. The van der Waals surface area contributed by atoms with Crippen molar-refractivity contribution < 1.29 is 18.7 Å². The van der Waals surface area contributed by atoms with E-state index in [9.17, 15) is 9.59 Å². The molecule has 1 fully saturated rings. The van der Waals surface area contributed by atoms with Crippen LogP contribution < -0.4 is 15.0 Å². The lowest BCUT2D eigenvalue weighted by molar-refractivity contribution is -0.128.